The van der Waals surface area contributed by atoms with Crippen molar-refractivity contribution in [3.05, 3.63) is 58.0 Å². The van der Waals surface area contributed by atoms with Crippen molar-refractivity contribution >= 4 is 44.8 Å². The van der Waals surface area contributed by atoms with E-state index >= 15 is 0 Å². The topological polar surface area (TPSA) is 87.9 Å². The molecule has 1 aliphatic heterocycles. The van der Waals surface area contributed by atoms with Crippen LogP contribution in [0.15, 0.2) is 41.6 Å². The summed E-state index contributed by atoms with van der Waals surface area (Å²) in [5.74, 6) is -0.206. The molecule has 0 N–H and O–H groups in total. The zero-order valence-corrected chi connectivity index (χ0v) is 17.7. The molecule has 152 valence electrons. The van der Waals surface area contributed by atoms with Crippen LogP contribution in [0, 0.1) is 6.92 Å². The SMILES string of the molecule is Cc1nn2cccnc2c1C(=O)N1CCN(S(=O)(=O)c2ccc(Cl)c(Cl)c2)CC1. The molecule has 1 aliphatic rings. The average Bonchev–Trinajstić information content (AvgIpc) is 3.05. The predicted molar refractivity (Wildman–Crippen MR) is 109 cm³/mol. The lowest BCUT2D eigenvalue weighted by molar-refractivity contribution is 0.0699. The standard InChI is InChI=1S/C18H17Cl2N5O3S/c1-12-16(17-21-5-2-6-25(17)22-12)18(26)23-7-9-24(10-8-23)29(27,28)13-3-4-14(19)15(20)11-13/h2-6,11H,7-10H2,1H3. The van der Waals surface area contributed by atoms with Crippen molar-refractivity contribution in [1.82, 2.24) is 23.8 Å². The molecule has 0 atom stereocenters. The van der Waals surface area contributed by atoms with Gasteiger partial charge in [-0.2, -0.15) is 9.40 Å². The molecule has 1 aromatic carbocycles. The molecule has 1 saturated heterocycles. The molecular weight excluding hydrogens is 437 g/mol. The Hall–Kier alpha value is -2.20. The lowest BCUT2D eigenvalue weighted by atomic mass is 10.2. The highest BCUT2D eigenvalue weighted by molar-refractivity contribution is 7.89. The number of carbonyl (C=O) groups excluding carboxylic acids is 1. The summed E-state index contributed by atoms with van der Waals surface area (Å²) in [5, 5.41) is 4.78. The average molecular weight is 454 g/mol. The molecule has 3 heterocycles. The third kappa shape index (κ3) is 3.59. The number of fused-ring (bicyclic) bond motifs is 1. The minimum absolute atomic E-state index is 0.0781. The normalized spacial score (nSPS) is 15.8. The number of piperazine rings is 1. The van der Waals surface area contributed by atoms with E-state index in [-0.39, 0.29) is 42.0 Å². The monoisotopic (exact) mass is 453 g/mol. The van der Waals surface area contributed by atoms with Crippen LogP contribution in [-0.2, 0) is 10.0 Å². The van der Waals surface area contributed by atoms with Crippen molar-refractivity contribution in [2.45, 2.75) is 11.8 Å². The summed E-state index contributed by atoms with van der Waals surface area (Å²) in [4.78, 5) is 19.0. The second kappa shape index (κ2) is 7.56. The van der Waals surface area contributed by atoms with E-state index in [4.69, 9.17) is 23.2 Å². The molecule has 11 heteroatoms. The molecule has 1 fully saturated rings. The fourth-order valence-corrected chi connectivity index (χ4v) is 5.13. The van der Waals surface area contributed by atoms with Crippen LogP contribution >= 0.6 is 23.2 Å². The van der Waals surface area contributed by atoms with Gasteiger partial charge in [0, 0.05) is 38.6 Å². The van der Waals surface area contributed by atoms with Gasteiger partial charge in [-0.05, 0) is 31.2 Å². The number of rotatable bonds is 3. The van der Waals surface area contributed by atoms with Gasteiger partial charge in [-0.3, -0.25) is 4.79 Å². The van der Waals surface area contributed by atoms with Crippen LogP contribution in [0.4, 0.5) is 0 Å². The largest absolute Gasteiger partial charge is 0.336 e. The molecule has 0 saturated carbocycles. The first kappa shape index (κ1) is 20.1. The Balaban J connectivity index is 1.52. The summed E-state index contributed by atoms with van der Waals surface area (Å²) in [7, 11) is -3.72. The molecule has 0 aliphatic carbocycles. The van der Waals surface area contributed by atoms with Gasteiger partial charge >= 0.3 is 0 Å². The van der Waals surface area contributed by atoms with Crippen molar-refractivity contribution in [3.63, 3.8) is 0 Å². The van der Waals surface area contributed by atoms with Crippen molar-refractivity contribution in [2.24, 2.45) is 0 Å². The van der Waals surface area contributed by atoms with E-state index in [0.29, 0.717) is 21.9 Å². The van der Waals surface area contributed by atoms with E-state index in [1.54, 1.807) is 34.8 Å². The number of benzene rings is 1. The first-order chi connectivity index (χ1) is 13.8. The molecular formula is C18H17Cl2N5O3S. The fraction of sp³-hybridized carbons (Fsp3) is 0.278. The van der Waals surface area contributed by atoms with Gasteiger partial charge in [-0.1, -0.05) is 23.2 Å². The molecule has 2 aromatic heterocycles. The number of halogens is 2. The van der Waals surface area contributed by atoms with Crippen molar-refractivity contribution < 1.29 is 13.2 Å². The van der Waals surface area contributed by atoms with E-state index < -0.39 is 10.0 Å². The van der Waals surface area contributed by atoms with Gasteiger partial charge in [-0.25, -0.2) is 17.9 Å². The van der Waals surface area contributed by atoms with Crippen molar-refractivity contribution in [1.29, 1.82) is 0 Å². The Kier molecular flexibility index (Phi) is 5.24. The van der Waals surface area contributed by atoms with Crippen LogP contribution in [0.5, 0.6) is 0 Å². The van der Waals surface area contributed by atoms with E-state index in [9.17, 15) is 13.2 Å². The fourth-order valence-electron chi connectivity index (χ4n) is 3.32. The van der Waals surface area contributed by atoms with Gasteiger partial charge in [0.25, 0.3) is 5.91 Å². The van der Waals surface area contributed by atoms with Gasteiger partial charge in [0.1, 0.15) is 5.56 Å². The molecule has 8 nitrogen and oxygen atoms in total. The quantitative estimate of drug-likeness (QED) is 0.607. The maximum absolute atomic E-state index is 13.0. The highest BCUT2D eigenvalue weighted by Gasteiger charge is 2.32. The van der Waals surface area contributed by atoms with Crippen LogP contribution in [0.2, 0.25) is 10.0 Å². The van der Waals surface area contributed by atoms with Crippen LogP contribution < -0.4 is 0 Å². The summed E-state index contributed by atoms with van der Waals surface area (Å²) in [6.45, 7) is 2.65. The van der Waals surface area contributed by atoms with E-state index in [1.807, 2.05) is 0 Å². The Bertz CT molecular complexity index is 1200. The van der Waals surface area contributed by atoms with Gasteiger partial charge < -0.3 is 4.90 Å². The zero-order chi connectivity index (χ0) is 20.8. The Morgan fingerprint density at radius 3 is 2.52 bits per heavy atom. The van der Waals surface area contributed by atoms with Gasteiger partial charge in [0.15, 0.2) is 5.65 Å². The lowest BCUT2D eigenvalue weighted by Gasteiger charge is -2.34. The Morgan fingerprint density at radius 2 is 1.83 bits per heavy atom. The molecule has 3 aromatic rings. The Labute approximate surface area is 177 Å². The first-order valence-electron chi connectivity index (χ1n) is 8.83. The van der Waals surface area contributed by atoms with Crippen LogP contribution in [0.1, 0.15) is 16.1 Å². The van der Waals surface area contributed by atoms with E-state index in [0.717, 1.165) is 0 Å². The first-order valence-corrected chi connectivity index (χ1v) is 11.0. The highest BCUT2D eigenvalue weighted by Crippen LogP contribution is 2.27. The molecule has 0 unspecified atom stereocenters. The Morgan fingerprint density at radius 1 is 1.10 bits per heavy atom. The number of aryl methyl sites for hydroxylation is 1. The summed E-state index contributed by atoms with van der Waals surface area (Å²) in [6.07, 6.45) is 3.34. The number of aromatic nitrogens is 3. The number of hydrogen-bond acceptors (Lipinski definition) is 5. The third-order valence-electron chi connectivity index (χ3n) is 4.84. The molecule has 4 rings (SSSR count). The van der Waals surface area contributed by atoms with Crippen molar-refractivity contribution in [2.75, 3.05) is 26.2 Å². The molecule has 0 spiro atoms. The maximum atomic E-state index is 13.0. The number of amides is 1. The maximum Gasteiger partial charge on any atom is 0.259 e. The number of hydrogen-bond donors (Lipinski definition) is 0. The minimum atomic E-state index is -3.72. The second-order valence-corrected chi connectivity index (χ2v) is 9.37. The summed E-state index contributed by atoms with van der Waals surface area (Å²) < 4.78 is 28.7. The number of sulfonamides is 1. The second-order valence-electron chi connectivity index (χ2n) is 6.62. The summed E-state index contributed by atoms with van der Waals surface area (Å²) in [6, 6.07) is 5.96. The summed E-state index contributed by atoms with van der Waals surface area (Å²) >= 11 is 11.8. The van der Waals surface area contributed by atoms with Crippen molar-refractivity contribution in [3.8, 4) is 0 Å². The van der Waals surface area contributed by atoms with Gasteiger partial charge in [-0.15, -0.1) is 0 Å². The number of nitrogens with zero attached hydrogens (tertiary/aromatic N) is 5. The van der Waals surface area contributed by atoms with Crippen LogP contribution in [-0.4, -0.2) is 64.3 Å². The molecule has 1 amide bonds. The predicted octanol–water partition coefficient (Wildman–Crippen LogP) is 2.49. The van der Waals surface area contributed by atoms with Crippen LogP contribution in [0.3, 0.4) is 0 Å². The van der Waals surface area contributed by atoms with E-state index in [2.05, 4.69) is 10.1 Å². The highest BCUT2D eigenvalue weighted by atomic mass is 35.5. The molecule has 29 heavy (non-hydrogen) atoms. The van der Waals surface area contributed by atoms with Crippen LogP contribution in [0.25, 0.3) is 5.65 Å². The minimum Gasteiger partial charge on any atom is -0.336 e. The van der Waals surface area contributed by atoms with Gasteiger partial charge in [0.2, 0.25) is 10.0 Å². The molecule has 0 radical (unpaired) electrons. The number of carbonyl (C=O) groups is 1. The van der Waals surface area contributed by atoms with Gasteiger partial charge in [0.05, 0.1) is 20.6 Å². The third-order valence-corrected chi connectivity index (χ3v) is 7.47. The summed E-state index contributed by atoms with van der Waals surface area (Å²) in [5.41, 5.74) is 1.51. The zero-order valence-electron chi connectivity index (χ0n) is 15.4. The molecule has 0 bridgehead atoms. The lowest BCUT2D eigenvalue weighted by Crippen LogP contribution is -2.50. The van der Waals surface area contributed by atoms with E-state index in [1.165, 1.54) is 22.5 Å². The smallest absolute Gasteiger partial charge is 0.259 e.